The summed E-state index contributed by atoms with van der Waals surface area (Å²) in [7, 11) is -3.41. The van der Waals surface area contributed by atoms with Crippen LogP contribution in [0, 0.1) is 5.92 Å². The minimum Gasteiger partial charge on any atom is -0.211 e. The van der Waals surface area contributed by atoms with Crippen molar-refractivity contribution in [2.24, 2.45) is 5.92 Å². The Balaban J connectivity index is 2.15. The quantitative estimate of drug-likeness (QED) is 0.868. The Kier molecular flexibility index (Phi) is 4.28. The minimum absolute atomic E-state index is 0.284. The second kappa shape index (κ2) is 5.38. The molecular weight excluding hydrogens is 370 g/mol. The van der Waals surface area contributed by atoms with Gasteiger partial charge in [-0.2, -0.15) is 0 Å². The fourth-order valence-corrected chi connectivity index (χ4v) is 4.30. The lowest BCUT2D eigenvalue weighted by atomic mass is 9.86. The van der Waals surface area contributed by atoms with E-state index in [2.05, 4.69) is 36.6 Å². The van der Waals surface area contributed by atoms with Crippen LogP contribution >= 0.6 is 31.9 Å². The normalized spacial score (nSPS) is 16.8. The lowest BCUT2D eigenvalue weighted by Crippen LogP contribution is -2.32. The molecule has 1 aliphatic rings. The van der Waals surface area contributed by atoms with Gasteiger partial charge in [-0.25, -0.2) is 13.1 Å². The van der Waals surface area contributed by atoms with E-state index in [0.29, 0.717) is 16.9 Å². The number of hydrogen-bond donors (Lipinski definition) is 1. The van der Waals surface area contributed by atoms with Crippen LogP contribution in [0.15, 0.2) is 32.0 Å². The molecule has 0 heterocycles. The van der Waals surface area contributed by atoms with Crippen molar-refractivity contribution < 1.29 is 8.42 Å². The average molecular weight is 383 g/mol. The van der Waals surface area contributed by atoms with Crippen LogP contribution in [0.4, 0.5) is 0 Å². The molecule has 1 N–H and O–H groups in total. The van der Waals surface area contributed by atoms with Crippen LogP contribution in [0.25, 0.3) is 0 Å². The Morgan fingerprint density at radius 3 is 2.59 bits per heavy atom. The molecule has 0 amide bonds. The maximum atomic E-state index is 12.1. The minimum atomic E-state index is -3.41. The highest BCUT2D eigenvalue weighted by Crippen LogP contribution is 2.28. The smallest absolute Gasteiger partial charge is 0.211 e. The Bertz CT molecular complexity index is 512. The number of sulfonamides is 1. The Morgan fingerprint density at radius 1 is 1.29 bits per heavy atom. The van der Waals surface area contributed by atoms with Crippen molar-refractivity contribution in [3.8, 4) is 0 Å². The standard InChI is InChI=1S/C11H13Br2NO2S/c12-9-4-5-10(13)11(6-9)17(15,16)14-7-8-2-1-3-8/h4-6,8,14H,1-3,7H2. The summed E-state index contributed by atoms with van der Waals surface area (Å²) in [6.45, 7) is 0.543. The van der Waals surface area contributed by atoms with Crippen LogP contribution < -0.4 is 4.72 Å². The van der Waals surface area contributed by atoms with Crippen molar-refractivity contribution in [3.63, 3.8) is 0 Å². The lowest BCUT2D eigenvalue weighted by molar-refractivity contribution is 0.316. The molecule has 0 atom stereocenters. The molecule has 0 aromatic heterocycles. The van der Waals surface area contributed by atoms with Gasteiger partial charge in [-0.15, -0.1) is 0 Å². The molecule has 0 bridgehead atoms. The zero-order valence-electron chi connectivity index (χ0n) is 9.12. The van der Waals surface area contributed by atoms with E-state index >= 15 is 0 Å². The van der Waals surface area contributed by atoms with Gasteiger partial charge in [0.2, 0.25) is 10.0 Å². The van der Waals surface area contributed by atoms with Gasteiger partial charge < -0.3 is 0 Å². The van der Waals surface area contributed by atoms with Crippen molar-refractivity contribution in [2.45, 2.75) is 24.2 Å². The topological polar surface area (TPSA) is 46.2 Å². The van der Waals surface area contributed by atoms with Gasteiger partial charge in [0, 0.05) is 15.5 Å². The van der Waals surface area contributed by atoms with Crippen LogP contribution in [0.3, 0.4) is 0 Å². The van der Waals surface area contributed by atoms with Crippen molar-refractivity contribution in [2.75, 3.05) is 6.54 Å². The number of hydrogen-bond acceptors (Lipinski definition) is 2. The van der Waals surface area contributed by atoms with Crippen molar-refractivity contribution in [1.82, 2.24) is 4.72 Å². The summed E-state index contributed by atoms with van der Waals surface area (Å²) in [5.74, 6) is 0.510. The Hall–Kier alpha value is 0.0900. The molecule has 0 unspecified atom stereocenters. The first kappa shape index (κ1) is 13.5. The molecule has 0 saturated heterocycles. The van der Waals surface area contributed by atoms with E-state index < -0.39 is 10.0 Å². The van der Waals surface area contributed by atoms with E-state index in [0.717, 1.165) is 17.3 Å². The Morgan fingerprint density at radius 2 is 2.00 bits per heavy atom. The third-order valence-electron chi connectivity index (χ3n) is 2.97. The zero-order chi connectivity index (χ0) is 12.5. The molecular formula is C11H13Br2NO2S. The monoisotopic (exact) mass is 381 g/mol. The van der Waals surface area contributed by atoms with Crippen molar-refractivity contribution in [3.05, 3.63) is 27.1 Å². The molecule has 1 aromatic carbocycles. The predicted octanol–water partition coefficient (Wildman–Crippen LogP) is 3.29. The molecule has 1 fully saturated rings. The van der Waals surface area contributed by atoms with Gasteiger partial charge in [0.1, 0.15) is 0 Å². The van der Waals surface area contributed by atoms with Gasteiger partial charge in [-0.3, -0.25) is 0 Å². The molecule has 6 heteroatoms. The summed E-state index contributed by atoms with van der Waals surface area (Å²) in [5, 5.41) is 0. The van der Waals surface area contributed by atoms with Crippen LogP contribution in [-0.2, 0) is 10.0 Å². The fraction of sp³-hybridized carbons (Fsp3) is 0.455. The maximum absolute atomic E-state index is 12.1. The highest BCUT2D eigenvalue weighted by molar-refractivity contribution is 9.11. The molecule has 1 aliphatic carbocycles. The summed E-state index contributed by atoms with van der Waals surface area (Å²) >= 11 is 6.54. The lowest BCUT2D eigenvalue weighted by Gasteiger charge is -2.25. The summed E-state index contributed by atoms with van der Waals surface area (Å²) in [4.78, 5) is 0.284. The molecule has 2 rings (SSSR count). The van der Waals surface area contributed by atoms with Crippen molar-refractivity contribution in [1.29, 1.82) is 0 Å². The van der Waals surface area contributed by atoms with Gasteiger partial charge in [-0.05, 0) is 52.9 Å². The third kappa shape index (κ3) is 3.30. The van der Waals surface area contributed by atoms with Gasteiger partial charge in [-0.1, -0.05) is 22.4 Å². The first-order valence-corrected chi connectivity index (χ1v) is 8.51. The van der Waals surface area contributed by atoms with Gasteiger partial charge in [0.25, 0.3) is 0 Å². The number of nitrogens with one attached hydrogen (secondary N) is 1. The molecule has 3 nitrogen and oxygen atoms in total. The highest BCUT2D eigenvalue weighted by atomic mass is 79.9. The van der Waals surface area contributed by atoms with Crippen molar-refractivity contribution >= 4 is 41.9 Å². The van der Waals surface area contributed by atoms with E-state index in [4.69, 9.17) is 0 Å². The molecule has 1 aromatic rings. The molecule has 0 radical (unpaired) electrons. The molecule has 0 spiro atoms. The molecule has 94 valence electrons. The van der Waals surface area contributed by atoms with Gasteiger partial charge >= 0.3 is 0 Å². The number of benzene rings is 1. The largest absolute Gasteiger partial charge is 0.241 e. The Labute approximate surface area is 118 Å². The van der Waals surface area contributed by atoms with Gasteiger partial charge in [0.15, 0.2) is 0 Å². The second-order valence-corrected chi connectivity index (χ2v) is 7.73. The van der Waals surface area contributed by atoms with Crippen LogP contribution in [0.2, 0.25) is 0 Å². The maximum Gasteiger partial charge on any atom is 0.241 e. The van der Waals surface area contributed by atoms with E-state index in [1.54, 1.807) is 18.2 Å². The van der Waals surface area contributed by atoms with Crippen LogP contribution in [0.1, 0.15) is 19.3 Å². The first-order valence-electron chi connectivity index (χ1n) is 5.44. The second-order valence-electron chi connectivity index (χ2n) is 4.22. The number of rotatable bonds is 4. The van der Waals surface area contributed by atoms with Gasteiger partial charge in [0.05, 0.1) is 4.90 Å². The zero-order valence-corrected chi connectivity index (χ0v) is 13.1. The third-order valence-corrected chi connectivity index (χ3v) is 5.88. The van der Waals surface area contributed by atoms with E-state index in [-0.39, 0.29) is 4.90 Å². The summed E-state index contributed by atoms with van der Waals surface area (Å²) in [5.41, 5.74) is 0. The fourth-order valence-electron chi connectivity index (χ4n) is 1.69. The molecule has 0 aliphatic heterocycles. The summed E-state index contributed by atoms with van der Waals surface area (Å²) in [6.07, 6.45) is 3.47. The van der Waals surface area contributed by atoms with E-state index in [1.165, 1.54) is 6.42 Å². The van der Waals surface area contributed by atoms with E-state index in [9.17, 15) is 8.42 Å². The first-order chi connectivity index (χ1) is 7.99. The van der Waals surface area contributed by atoms with Crippen LogP contribution in [0.5, 0.6) is 0 Å². The highest BCUT2D eigenvalue weighted by Gasteiger charge is 2.22. The predicted molar refractivity (Wildman–Crippen MR) is 74.4 cm³/mol. The van der Waals surface area contributed by atoms with E-state index in [1.807, 2.05) is 0 Å². The number of halogens is 2. The SMILES string of the molecule is O=S(=O)(NCC1CCC1)c1cc(Br)ccc1Br. The summed E-state index contributed by atoms with van der Waals surface area (Å²) < 4.78 is 28.2. The van der Waals surface area contributed by atoms with Crippen LogP contribution in [-0.4, -0.2) is 15.0 Å². The average Bonchev–Trinajstić information content (AvgIpc) is 2.19. The summed E-state index contributed by atoms with van der Waals surface area (Å²) in [6, 6.07) is 5.13. The molecule has 17 heavy (non-hydrogen) atoms. The molecule has 1 saturated carbocycles.